The largest absolute Gasteiger partial charge is 0.490 e. The fraction of sp³-hybridized carbons (Fsp3) is 0.571. The molecule has 1 aromatic carbocycles. The summed E-state index contributed by atoms with van der Waals surface area (Å²) in [5, 5.41) is 10.4. The minimum Gasteiger partial charge on any atom is -0.490 e. The highest BCUT2D eigenvalue weighted by atomic mass is 127. The summed E-state index contributed by atoms with van der Waals surface area (Å²) in [5.41, 5.74) is 0.862. The maximum absolute atomic E-state index is 5.78. The van der Waals surface area contributed by atoms with E-state index in [2.05, 4.69) is 25.8 Å². The van der Waals surface area contributed by atoms with Crippen LogP contribution in [0.15, 0.2) is 27.7 Å². The van der Waals surface area contributed by atoms with Gasteiger partial charge < -0.3 is 34.1 Å². The van der Waals surface area contributed by atoms with Gasteiger partial charge in [-0.1, -0.05) is 5.16 Å². The second kappa shape index (κ2) is 14.9. The number of aliphatic imine (C=N–C) groups is 1. The molecule has 2 heterocycles. The number of nitrogens with one attached hydrogen (secondary N) is 2. The van der Waals surface area contributed by atoms with Crippen molar-refractivity contribution in [2.24, 2.45) is 4.99 Å². The van der Waals surface area contributed by atoms with Crippen molar-refractivity contribution < 1.29 is 23.5 Å². The van der Waals surface area contributed by atoms with Gasteiger partial charge >= 0.3 is 0 Å². The van der Waals surface area contributed by atoms with Crippen molar-refractivity contribution in [3.05, 3.63) is 29.9 Å². The van der Waals surface area contributed by atoms with Crippen molar-refractivity contribution in [3.8, 4) is 11.5 Å². The number of guanidine groups is 1. The molecule has 11 heteroatoms. The minimum atomic E-state index is 0. The molecule has 10 nitrogen and oxygen atoms in total. The van der Waals surface area contributed by atoms with Gasteiger partial charge in [0.25, 0.3) is 0 Å². The quantitative estimate of drug-likeness (QED) is 0.185. The molecule has 3 rings (SSSR count). The minimum absolute atomic E-state index is 0. The van der Waals surface area contributed by atoms with Crippen molar-refractivity contribution in [2.45, 2.75) is 26.2 Å². The van der Waals surface area contributed by atoms with Crippen molar-refractivity contribution in [1.29, 1.82) is 0 Å². The SMILES string of the molecule is COCCOCCCN=C(NCCc1nc(C)no1)Nc1ccc2c(c1)OCCCO2.I. The second-order valence-electron chi connectivity index (χ2n) is 6.94. The van der Waals surface area contributed by atoms with Crippen LogP contribution >= 0.6 is 24.0 Å². The maximum Gasteiger partial charge on any atom is 0.228 e. The third-order valence-corrected chi connectivity index (χ3v) is 4.36. The van der Waals surface area contributed by atoms with Crippen LogP contribution in [-0.2, 0) is 15.9 Å². The first-order valence-electron chi connectivity index (χ1n) is 10.6. The Labute approximate surface area is 205 Å². The lowest BCUT2D eigenvalue weighted by Gasteiger charge is -2.14. The van der Waals surface area contributed by atoms with Gasteiger partial charge in [-0.25, -0.2) is 0 Å². The Balaban J connectivity index is 0.00000363. The van der Waals surface area contributed by atoms with Gasteiger partial charge in [0.15, 0.2) is 23.3 Å². The van der Waals surface area contributed by atoms with Gasteiger partial charge in [0.05, 0.1) is 26.4 Å². The van der Waals surface area contributed by atoms with Crippen molar-refractivity contribution in [1.82, 2.24) is 15.5 Å². The van der Waals surface area contributed by atoms with Gasteiger partial charge in [0, 0.05) is 51.4 Å². The number of aryl methyl sites for hydroxylation is 1. The van der Waals surface area contributed by atoms with E-state index in [1.165, 1.54) is 0 Å². The molecule has 178 valence electrons. The van der Waals surface area contributed by atoms with Gasteiger partial charge in [0.2, 0.25) is 5.89 Å². The first kappa shape index (κ1) is 26.1. The molecular formula is C21H32IN5O5. The summed E-state index contributed by atoms with van der Waals surface area (Å²) in [6.45, 7) is 6.13. The number of benzene rings is 1. The van der Waals surface area contributed by atoms with E-state index in [-0.39, 0.29) is 24.0 Å². The predicted octanol–water partition coefficient (Wildman–Crippen LogP) is 2.81. The first-order chi connectivity index (χ1) is 15.2. The number of anilines is 1. The molecule has 32 heavy (non-hydrogen) atoms. The molecule has 0 atom stereocenters. The fourth-order valence-electron chi connectivity index (χ4n) is 2.85. The average Bonchev–Trinajstić information content (AvgIpc) is 3.04. The molecule has 0 saturated carbocycles. The molecule has 0 fully saturated rings. The molecule has 1 aliphatic heterocycles. The molecule has 0 saturated heterocycles. The Hall–Kier alpha value is -2.12. The van der Waals surface area contributed by atoms with Gasteiger partial charge in [0.1, 0.15) is 0 Å². The first-order valence-corrected chi connectivity index (χ1v) is 10.6. The van der Waals surface area contributed by atoms with Crippen LogP contribution in [0.3, 0.4) is 0 Å². The summed E-state index contributed by atoms with van der Waals surface area (Å²) in [6, 6.07) is 5.78. The van der Waals surface area contributed by atoms with E-state index < -0.39 is 0 Å². The van der Waals surface area contributed by atoms with E-state index in [0.29, 0.717) is 70.2 Å². The number of hydrogen-bond donors (Lipinski definition) is 2. The lowest BCUT2D eigenvalue weighted by atomic mass is 10.2. The Morgan fingerprint density at radius 2 is 2.00 bits per heavy atom. The summed E-state index contributed by atoms with van der Waals surface area (Å²) >= 11 is 0. The number of methoxy groups -OCH3 is 1. The molecule has 0 amide bonds. The van der Waals surface area contributed by atoms with Crippen LogP contribution in [-0.4, -0.2) is 69.3 Å². The molecule has 0 radical (unpaired) electrons. The van der Waals surface area contributed by atoms with E-state index in [1.807, 2.05) is 18.2 Å². The average molecular weight is 561 g/mol. The zero-order valence-corrected chi connectivity index (χ0v) is 20.9. The topological polar surface area (TPSA) is 112 Å². The van der Waals surface area contributed by atoms with Crippen LogP contribution in [0.4, 0.5) is 5.69 Å². The number of nitrogens with zero attached hydrogens (tertiary/aromatic N) is 3. The van der Waals surface area contributed by atoms with Crippen LogP contribution in [0.2, 0.25) is 0 Å². The van der Waals surface area contributed by atoms with Gasteiger partial charge in [-0.05, 0) is 25.5 Å². The van der Waals surface area contributed by atoms with E-state index in [0.717, 1.165) is 30.0 Å². The summed E-state index contributed by atoms with van der Waals surface area (Å²) in [4.78, 5) is 8.87. The zero-order valence-electron chi connectivity index (χ0n) is 18.6. The molecule has 0 unspecified atom stereocenters. The Kier molecular flexibility index (Phi) is 12.1. The number of halogens is 1. The molecule has 0 aliphatic carbocycles. The summed E-state index contributed by atoms with van der Waals surface area (Å²) in [6.07, 6.45) is 2.27. The lowest BCUT2D eigenvalue weighted by Crippen LogP contribution is -2.32. The predicted molar refractivity (Wildman–Crippen MR) is 131 cm³/mol. The molecule has 0 bridgehead atoms. The molecule has 1 aromatic heterocycles. The van der Waals surface area contributed by atoms with Gasteiger partial charge in [-0.2, -0.15) is 4.98 Å². The van der Waals surface area contributed by atoms with E-state index >= 15 is 0 Å². The van der Waals surface area contributed by atoms with Crippen molar-refractivity contribution in [3.63, 3.8) is 0 Å². The van der Waals surface area contributed by atoms with Crippen LogP contribution < -0.4 is 20.1 Å². The lowest BCUT2D eigenvalue weighted by molar-refractivity contribution is 0.0702. The highest BCUT2D eigenvalue weighted by Gasteiger charge is 2.12. The third-order valence-electron chi connectivity index (χ3n) is 4.36. The van der Waals surface area contributed by atoms with Crippen LogP contribution in [0.5, 0.6) is 11.5 Å². The third kappa shape index (κ3) is 9.17. The summed E-state index contributed by atoms with van der Waals surface area (Å²) < 4.78 is 27.1. The highest BCUT2D eigenvalue weighted by Crippen LogP contribution is 2.32. The summed E-state index contributed by atoms with van der Waals surface area (Å²) in [7, 11) is 1.66. The van der Waals surface area contributed by atoms with E-state index in [9.17, 15) is 0 Å². The van der Waals surface area contributed by atoms with E-state index in [1.54, 1.807) is 14.0 Å². The normalized spacial score (nSPS) is 13.2. The Morgan fingerprint density at radius 3 is 2.78 bits per heavy atom. The zero-order chi connectivity index (χ0) is 21.7. The van der Waals surface area contributed by atoms with Crippen molar-refractivity contribution in [2.75, 3.05) is 58.6 Å². The number of ether oxygens (including phenoxy) is 4. The van der Waals surface area contributed by atoms with Crippen molar-refractivity contribution >= 4 is 35.6 Å². The monoisotopic (exact) mass is 561 g/mol. The number of fused-ring (bicyclic) bond motifs is 1. The summed E-state index contributed by atoms with van der Waals surface area (Å²) in [5.74, 6) is 3.36. The van der Waals surface area contributed by atoms with E-state index in [4.69, 9.17) is 23.5 Å². The second-order valence-corrected chi connectivity index (χ2v) is 6.94. The standard InChI is InChI=1S/C21H31N5O5.HI/c1-16-24-20(31-26-16)7-9-23-21(22-8-3-10-28-14-13-27-2)25-17-5-6-18-19(15-17)30-12-4-11-29-18;/h5-6,15H,3-4,7-14H2,1-2H3,(H2,22,23,25);1H. The highest BCUT2D eigenvalue weighted by molar-refractivity contribution is 14.0. The smallest absolute Gasteiger partial charge is 0.228 e. The van der Waals surface area contributed by atoms with Gasteiger partial charge in [-0.3, -0.25) is 4.99 Å². The number of rotatable bonds is 11. The number of hydrogen-bond acceptors (Lipinski definition) is 8. The molecule has 2 aromatic rings. The Bertz CT molecular complexity index is 833. The molecular weight excluding hydrogens is 529 g/mol. The molecule has 0 spiro atoms. The van der Waals surface area contributed by atoms with Crippen LogP contribution in [0.25, 0.3) is 0 Å². The van der Waals surface area contributed by atoms with Crippen LogP contribution in [0, 0.1) is 6.92 Å². The maximum atomic E-state index is 5.78. The Morgan fingerprint density at radius 1 is 1.16 bits per heavy atom. The molecule has 2 N–H and O–H groups in total. The van der Waals surface area contributed by atoms with Gasteiger partial charge in [-0.15, -0.1) is 24.0 Å². The fourth-order valence-corrected chi connectivity index (χ4v) is 2.85. The number of aromatic nitrogens is 2. The molecule has 1 aliphatic rings. The van der Waals surface area contributed by atoms with Crippen LogP contribution in [0.1, 0.15) is 24.6 Å².